The quantitative estimate of drug-likeness (QED) is 0.858. The van der Waals surface area contributed by atoms with Crippen molar-refractivity contribution in [3.63, 3.8) is 0 Å². The van der Waals surface area contributed by atoms with Crippen molar-refractivity contribution < 1.29 is 0 Å². The van der Waals surface area contributed by atoms with E-state index in [4.69, 9.17) is 0 Å². The van der Waals surface area contributed by atoms with Gasteiger partial charge in [0.25, 0.3) is 0 Å². The molecule has 2 aromatic rings. The molecule has 1 N–H and O–H groups in total. The van der Waals surface area contributed by atoms with Crippen LogP contribution >= 0.6 is 0 Å². The van der Waals surface area contributed by atoms with Crippen LogP contribution in [0.4, 0.5) is 0 Å². The van der Waals surface area contributed by atoms with Crippen molar-refractivity contribution in [2.75, 3.05) is 0 Å². The van der Waals surface area contributed by atoms with E-state index < -0.39 is 0 Å². The number of aromatic amines is 1. The maximum Gasteiger partial charge on any atom is 0.0459 e. The van der Waals surface area contributed by atoms with Crippen LogP contribution in [0.5, 0.6) is 0 Å². The Bertz CT molecular complexity index is 515. The van der Waals surface area contributed by atoms with Crippen LogP contribution in [0.3, 0.4) is 0 Å². The predicted molar refractivity (Wildman–Crippen MR) is 78.9 cm³/mol. The van der Waals surface area contributed by atoms with Gasteiger partial charge in [-0.1, -0.05) is 18.2 Å². The van der Waals surface area contributed by atoms with Gasteiger partial charge >= 0.3 is 0 Å². The molecule has 2 heteroatoms. The maximum atomic E-state index is 3.48. The minimum Gasteiger partial charge on any atom is -0.358 e. The van der Waals surface area contributed by atoms with Gasteiger partial charge in [-0.2, -0.15) is 0 Å². The molecule has 2 nitrogen and oxygen atoms in total. The molecule has 98 valence electrons. The van der Waals surface area contributed by atoms with E-state index in [-0.39, 0.29) is 0 Å². The number of hydrogen-bond acceptors (Lipinski definition) is 1. The maximum absolute atomic E-state index is 3.48. The zero-order valence-electron chi connectivity index (χ0n) is 12.1. The molecule has 0 spiro atoms. The normalized spacial score (nSPS) is 12.2. The van der Waals surface area contributed by atoms with Gasteiger partial charge in [0.1, 0.15) is 0 Å². The fraction of sp³-hybridized carbons (Fsp3) is 0.500. The highest BCUT2D eigenvalue weighted by atomic mass is 15.2. The van der Waals surface area contributed by atoms with Gasteiger partial charge in [0.05, 0.1) is 0 Å². The second-order valence-electron chi connectivity index (χ2n) is 5.63. The third-order valence-electron chi connectivity index (χ3n) is 3.69. The summed E-state index contributed by atoms with van der Waals surface area (Å²) in [4.78, 5) is 6.01. The lowest BCUT2D eigenvalue weighted by atomic mass is 10.1. The summed E-state index contributed by atoms with van der Waals surface area (Å²) < 4.78 is 0. The van der Waals surface area contributed by atoms with E-state index in [1.54, 1.807) is 0 Å². The number of aryl methyl sites for hydroxylation is 1. The molecule has 0 aliphatic carbocycles. The third kappa shape index (κ3) is 2.44. The molecule has 2 rings (SSSR count). The molecule has 0 bridgehead atoms. The first kappa shape index (κ1) is 13.2. The number of fused-ring (bicyclic) bond motifs is 1. The highest BCUT2D eigenvalue weighted by Crippen LogP contribution is 2.24. The van der Waals surface area contributed by atoms with Crippen LogP contribution in [0.1, 0.15) is 39.0 Å². The molecule has 0 saturated carbocycles. The molecule has 18 heavy (non-hydrogen) atoms. The molecule has 0 amide bonds. The van der Waals surface area contributed by atoms with Gasteiger partial charge in [-0.05, 0) is 46.2 Å². The molecule has 1 aromatic heterocycles. The Labute approximate surface area is 110 Å². The Hall–Kier alpha value is -1.28. The second kappa shape index (κ2) is 5.15. The summed E-state index contributed by atoms with van der Waals surface area (Å²) in [7, 11) is 0. The van der Waals surface area contributed by atoms with Gasteiger partial charge in [0.15, 0.2) is 0 Å². The monoisotopic (exact) mass is 244 g/mol. The van der Waals surface area contributed by atoms with Crippen molar-refractivity contribution in [3.05, 3.63) is 35.5 Å². The molecular formula is C16H24N2. The first-order chi connectivity index (χ1) is 8.50. The molecule has 0 aliphatic rings. The summed E-state index contributed by atoms with van der Waals surface area (Å²) in [5.41, 5.74) is 3.98. The molecular weight excluding hydrogens is 220 g/mol. The first-order valence-electron chi connectivity index (χ1n) is 6.82. The summed E-state index contributed by atoms with van der Waals surface area (Å²) in [6.45, 7) is 12.3. The molecule has 0 radical (unpaired) electrons. The smallest absolute Gasteiger partial charge is 0.0459 e. The standard InChI is InChI=1S/C16H24N2/c1-11(2)18(12(3)4)10-15-13(5)17-16-9-7-6-8-14(15)16/h6-9,11-12,17H,10H2,1-5H3. The van der Waals surface area contributed by atoms with Crippen molar-refractivity contribution in [3.8, 4) is 0 Å². The average Bonchev–Trinajstić information content (AvgIpc) is 2.61. The predicted octanol–water partition coefficient (Wildman–Crippen LogP) is 4.10. The molecule has 1 heterocycles. The van der Waals surface area contributed by atoms with Crippen molar-refractivity contribution in [2.24, 2.45) is 0 Å². The second-order valence-corrected chi connectivity index (χ2v) is 5.63. The zero-order valence-corrected chi connectivity index (χ0v) is 12.1. The van der Waals surface area contributed by atoms with Gasteiger partial charge in [-0.15, -0.1) is 0 Å². The largest absolute Gasteiger partial charge is 0.358 e. The Morgan fingerprint density at radius 1 is 1.06 bits per heavy atom. The van der Waals surface area contributed by atoms with E-state index in [0.717, 1.165) is 6.54 Å². The Balaban J connectivity index is 2.39. The van der Waals surface area contributed by atoms with Crippen molar-refractivity contribution in [1.29, 1.82) is 0 Å². The minimum atomic E-state index is 0.568. The van der Waals surface area contributed by atoms with Crippen LogP contribution < -0.4 is 0 Å². The molecule has 0 fully saturated rings. The number of H-pyrrole nitrogens is 1. The highest BCUT2D eigenvalue weighted by molar-refractivity contribution is 5.84. The summed E-state index contributed by atoms with van der Waals surface area (Å²) in [5, 5.41) is 1.36. The molecule has 1 aromatic carbocycles. The number of nitrogens with one attached hydrogen (secondary N) is 1. The number of benzene rings is 1. The van der Waals surface area contributed by atoms with Crippen LogP contribution in [-0.4, -0.2) is 22.0 Å². The first-order valence-corrected chi connectivity index (χ1v) is 6.82. The van der Waals surface area contributed by atoms with E-state index in [1.807, 2.05) is 0 Å². The number of hydrogen-bond donors (Lipinski definition) is 1. The van der Waals surface area contributed by atoms with Crippen LogP contribution in [0.2, 0.25) is 0 Å². The van der Waals surface area contributed by atoms with Crippen molar-refractivity contribution in [1.82, 2.24) is 9.88 Å². The fourth-order valence-corrected chi connectivity index (χ4v) is 2.68. The van der Waals surface area contributed by atoms with E-state index in [9.17, 15) is 0 Å². The fourth-order valence-electron chi connectivity index (χ4n) is 2.68. The van der Waals surface area contributed by atoms with Crippen LogP contribution in [0.25, 0.3) is 10.9 Å². The van der Waals surface area contributed by atoms with Gasteiger partial charge in [-0.25, -0.2) is 0 Å². The highest BCUT2D eigenvalue weighted by Gasteiger charge is 2.17. The Morgan fingerprint density at radius 3 is 2.28 bits per heavy atom. The van der Waals surface area contributed by atoms with Gasteiger partial charge in [0.2, 0.25) is 0 Å². The van der Waals surface area contributed by atoms with Crippen LogP contribution in [0.15, 0.2) is 24.3 Å². The lowest BCUT2D eigenvalue weighted by Crippen LogP contribution is -2.36. The number of rotatable bonds is 4. The SMILES string of the molecule is Cc1[nH]c2ccccc2c1CN(C(C)C)C(C)C. The molecule has 0 atom stereocenters. The third-order valence-corrected chi connectivity index (χ3v) is 3.69. The summed E-state index contributed by atoms with van der Waals surface area (Å²) in [5.74, 6) is 0. The molecule has 0 aliphatic heterocycles. The van der Waals surface area contributed by atoms with Crippen molar-refractivity contribution in [2.45, 2.75) is 53.2 Å². The molecule has 0 saturated heterocycles. The van der Waals surface area contributed by atoms with E-state index in [0.29, 0.717) is 12.1 Å². The Kier molecular flexibility index (Phi) is 3.76. The van der Waals surface area contributed by atoms with Gasteiger partial charge < -0.3 is 4.98 Å². The summed E-state index contributed by atoms with van der Waals surface area (Å²) in [6, 6.07) is 9.71. The van der Waals surface area contributed by atoms with Gasteiger partial charge in [0, 0.05) is 35.2 Å². The van der Waals surface area contributed by atoms with E-state index in [1.165, 1.54) is 22.2 Å². The topological polar surface area (TPSA) is 19.0 Å². The Morgan fingerprint density at radius 2 is 1.67 bits per heavy atom. The number of para-hydroxylation sites is 1. The summed E-state index contributed by atoms with van der Waals surface area (Å²) >= 11 is 0. The minimum absolute atomic E-state index is 0.568. The van der Waals surface area contributed by atoms with E-state index in [2.05, 4.69) is 68.8 Å². The molecule has 0 unspecified atom stereocenters. The van der Waals surface area contributed by atoms with E-state index >= 15 is 0 Å². The van der Waals surface area contributed by atoms with Gasteiger partial charge in [-0.3, -0.25) is 4.90 Å². The lowest BCUT2D eigenvalue weighted by Gasteiger charge is -2.30. The number of nitrogens with zero attached hydrogens (tertiary/aromatic N) is 1. The lowest BCUT2D eigenvalue weighted by molar-refractivity contribution is 0.166. The van der Waals surface area contributed by atoms with Crippen LogP contribution in [0, 0.1) is 6.92 Å². The average molecular weight is 244 g/mol. The summed E-state index contributed by atoms with van der Waals surface area (Å²) in [6.07, 6.45) is 0. The van der Waals surface area contributed by atoms with Crippen molar-refractivity contribution >= 4 is 10.9 Å². The number of aromatic nitrogens is 1. The zero-order chi connectivity index (χ0) is 13.3. The van der Waals surface area contributed by atoms with Crippen LogP contribution in [-0.2, 0) is 6.54 Å².